The third-order valence-corrected chi connectivity index (χ3v) is 4.03. The summed E-state index contributed by atoms with van der Waals surface area (Å²) < 4.78 is 7.03. The zero-order valence-corrected chi connectivity index (χ0v) is 12.1. The van der Waals surface area contributed by atoms with Crippen LogP contribution in [0, 0.1) is 0 Å². The molecule has 4 rings (SSSR count). The largest absolute Gasteiger partial charge is 0.435 e. The normalized spacial score (nSPS) is 11.2. The fourth-order valence-corrected chi connectivity index (χ4v) is 2.98. The van der Waals surface area contributed by atoms with Crippen molar-refractivity contribution in [1.82, 2.24) is 4.98 Å². The molecule has 20 heavy (non-hydrogen) atoms. The van der Waals surface area contributed by atoms with Crippen LogP contribution in [-0.4, -0.2) is 4.98 Å². The molecule has 1 aromatic heterocycles. The summed E-state index contributed by atoms with van der Waals surface area (Å²) in [6, 6.07) is 20.1. The van der Waals surface area contributed by atoms with Crippen LogP contribution >= 0.6 is 15.9 Å². The molecule has 0 radical (unpaired) electrons. The molecule has 0 aliphatic carbocycles. The van der Waals surface area contributed by atoms with Crippen LogP contribution in [0.5, 0.6) is 0 Å². The van der Waals surface area contributed by atoms with Gasteiger partial charge in [0.05, 0.1) is 0 Å². The molecule has 0 atom stereocenters. The third-order valence-electron chi connectivity index (χ3n) is 3.37. The van der Waals surface area contributed by atoms with Crippen molar-refractivity contribution in [2.75, 3.05) is 0 Å². The number of benzene rings is 3. The maximum Gasteiger partial charge on any atom is 0.227 e. The van der Waals surface area contributed by atoms with Crippen molar-refractivity contribution < 1.29 is 4.42 Å². The molecular formula is C17H10BrNO. The van der Waals surface area contributed by atoms with E-state index in [1.807, 2.05) is 48.5 Å². The standard InChI is InChI=1S/C17H10BrNO/c18-13-8-4-7-11-9-10-14-16(15(11)13)20-17(19-14)12-5-2-1-3-6-12/h1-10H. The highest BCUT2D eigenvalue weighted by molar-refractivity contribution is 9.10. The van der Waals surface area contributed by atoms with Gasteiger partial charge in [-0.2, -0.15) is 0 Å². The first-order chi connectivity index (χ1) is 9.83. The summed E-state index contributed by atoms with van der Waals surface area (Å²) in [4.78, 5) is 4.59. The Kier molecular flexibility index (Phi) is 2.60. The molecular weight excluding hydrogens is 314 g/mol. The van der Waals surface area contributed by atoms with E-state index in [0.29, 0.717) is 5.89 Å². The number of rotatable bonds is 1. The van der Waals surface area contributed by atoms with E-state index in [1.165, 1.54) is 0 Å². The average molecular weight is 324 g/mol. The Hall–Kier alpha value is -2.13. The highest BCUT2D eigenvalue weighted by Gasteiger charge is 2.12. The number of hydrogen-bond acceptors (Lipinski definition) is 2. The van der Waals surface area contributed by atoms with Gasteiger partial charge in [0.1, 0.15) is 5.52 Å². The molecule has 4 aromatic rings. The molecule has 0 unspecified atom stereocenters. The van der Waals surface area contributed by atoms with Crippen molar-refractivity contribution in [1.29, 1.82) is 0 Å². The Morgan fingerprint density at radius 1 is 0.850 bits per heavy atom. The molecule has 0 amide bonds. The van der Waals surface area contributed by atoms with E-state index in [-0.39, 0.29) is 0 Å². The first kappa shape index (κ1) is 11.7. The van der Waals surface area contributed by atoms with E-state index >= 15 is 0 Å². The van der Waals surface area contributed by atoms with E-state index in [0.717, 1.165) is 31.9 Å². The van der Waals surface area contributed by atoms with Gasteiger partial charge in [-0.3, -0.25) is 0 Å². The van der Waals surface area contributed by atoms with Gasteiger partial charge < -0.3 is 4.42 Å². The highest BCUT2D eigenvalue weighted by atomic mass is 79.9. The summed E-state index contributed by atoms with van der Waals surface area (Å²) in [7, 11) is 0. The van der Waals surface area contributed by atoms with Gasteiger partial charge in [-0.1, -0.05) is 52.3 Å². The van der Waals surface area contributed by atoms with Crippen LogP contribution in [0.25, 0.3) is 33.3 Å². The second kappa shape index (κ2) is 4.46. The van der Waals surface area contributed by atoms with Gasteiger partial charge in [-0.25, -0.2) is 4.98 Å². The zero-order valence-electron chi connectivity index (χ0n) is 10.5. The lowest BCUT2D eigenvalue weighted by atomic mass is 10.1. The average Bonchev–Trinajstić information content (AvgIpc) is 2.92. The van der Waals surface area contributed by atoms with Gasteiger partial charge in [0, 0.05) is 15.4 Å². The van der Waals surface area contributed by atoms with E-state index in [2.05, 4.69) is 33.0 Å². The van der Waals surface area contributed by atoms with Crippen molar-refractivity contribution in [3.63, 3.8) is 0 Å². The van der Waals surface area contributed by atoms with Crippen LogP contribution in [-0.2, 0) is 0 Å². The van der Waals surface area contributed by atoms with Crippen LogP contribution in [0.3, 0.4) is 0 Å². The third kappa shape index (κ3) is 1.74. The summed E-state index contributed by atoms with van der Waals surface area (Å²) in [6.07, 6.45) is 0. The lowest BCUT2D eigenvalue weighted by Crippen LogP contribution is -1.76. The summed E-state index contributed by atoms with van der Waals surface area (Å²) in [6.45, 7) is 0. The summed E-state index contributed by atoms with van der Waals surface area (Å²) in [5.41, 5.74) is 2.70. The molecule has 2 nitrogen and oxygen atoms in total. The zero-order chi connectivity index (χ0) is 13.5. The highest BCUT2D eigenvalue weighted by Crippen LogP contribution is 2.34. The Balaban J connectivity index is 2.07. The fraction of sp³-hybridized carbons (Fsp3) is 0. The summed E-state index contributed by atoms with van der Waals surface area (Å²) >= 11 is 3.60. The number of oxazole rings is 1. The first-order valence-corrected chi connectivity index (χ1v) is 7.15. The molecule has 0 bridgehead atoms. The van der Waals surface area contributed by atoms with Crippen LogP contribution < -0.4 is 0 Å². The number of fused-ring (bicyclic) bond motifs is 3. The van der Waals surface area contributed by atoms with Gasteiger partial charge in [0.2, 0.25) is 5.89 Å². The molecule has 0 saturated heterocycles. The van der Waals surface area contributed by atoms with Gasteiger partial charge in [-0.05, 0) is 29.7 Å². The van der Waals surface area contributed by atoms with Crippen LogP contribution in [0.1, 0.15) is 0 Å². The predicted molar refractivity (Wildman–Crippen MR) is 84.7 cm³/mol. The molecule has 96 valence electrons. The maximum absolute atomic E-state index is 6.01. The minimum Gasteiger partial charge on any atom is -0.435 e. The molecule has 1 heterocycles. The maximum atomic E-state index is 6.01. The minimum atomic E-state index is 0.656. The second-order valence-corrected chi connectivity index (χ2v) is 5.49. The molecule has 3 aromatic carbocycles. The van der Waals surface area contributed by atoms with Gasteiger partial charge in [0.25, 0.3) is 0 Å². The fourth-order valence-electron chi connectivity index (χ4n) is 2.42. The number of aromatic nitrogens is 1. The van der Waals surface area contributed by atoms with E-state index < -0.39 is 0 Å². The summed E-state index contributed by atoms with van der Waals surface area (Å²) in [5, 5.41) is 2.21. The van der Waals surface area contributed by atoms with Gasteiger partial charge in [-0.15, -0.1) is 0 Å². The van der Waals surface area contributed by atoms with Crippen molar-refractivity contribution in [2.24, 2.45) is 0 Å². The molecule has 0 aliphatic heterocycles. The van der Waals surface area contributed by atoms with Crippen LogP contribution in [0.4, 0.5) is 0 Å². The smallest absolute Gasteiger partial charge is 0.227 e. The van der Waals surface area contributed by atoms with E-state index in [1.54, 1.807) is 0 Å². The predicted octanol–water partition coefficient (Wildman–Crippen LogP) is 5.41. The Morgan fingerprint density at radius 3 is 2.55 bits per heavy atom. The van der Waals surface area contributed by atoms with E-state index in [9.17, 15) is 0 Å². The Labute approximate surface area is 124 Å². The Bertz CT molecular complexity index is 912. The molecule has 3 heteroatoms. The second-order valence-electron chi connectivity index (χ2n) is 4.64. The molecule has 0 aliphatic rings. The van der Waals surface area contributed by atoms with Gasteiger partial charge in [0.15, 0.2) is 5.58 Å². The number of hydrogen-bond donors (Lipinski definition) is 0. The number of halogens is 1. The van der Waals surface area contributed by atoms with Crippen molar-refractivity contribution >= 4 is 37.8 Å². The first-order valence-electron chi connectivity index (χ1n) is 6.36. The summed E-state index contributed by atoms with van der Waals surface area (Å²) in [5.74, 6) is 0.656. The van der Waals surface area contributed by atoms with Gasteiger partial charge >= 0.3 is 0 Å². The molecule has 0 saturated carbocycles. The van der Waals surface area contributed by atoms with Crippen LogP contribution in [0.15, 0.2) is 69.6 Å². The number of nitrogens with zero attached hydrogens (tertiary/aromatic N) is 1. The van der Waals surface area contributed by atoms with Crippen molar-refractivity contribution in [3.05, 3.63) is 65.1 Å². The monoisotopic (exact) mass is 323 g/mol. The quantitative estimate of drug-likeness (QED) is 0.468. The van der Waals surface area contributed by atoms with Crippen LogP contribution in [0.2, 0.25) is 0 Å². The topological polar surface area (TPSA) is 26.0 Å². The van der Waals surface area contributed by atoms with Crippen molar-refractivity contribution in [2.45, 2.75) is 0 Å². The lowest BCUT2D eigenvalue weighted by Gasteiger charge is -1.99. The SMILES string of the molecule is Brc1cccc2ccc3nc(-c4ccccc4)oc3c12. The molecule has 0 N–H and O–H groups in total. The lowest BCUT2D eigenvalue weighted by molar-refractivity contribution is 0.623. The Morgan fingerprint density at radius 2 is 1.70 bits per heavy atom. The molecule has 0 fully saturated rings. The van der Waals surface area contributed by atoms with E-state index in [4.69, 9.17) is 4.42 Å². The van der Waals surface area contributed by atoms with Crippen molar-refractivity contribution in [3.8, 4) is 11.5 Å². The minimum absolute atomic E-state index is 0.656. The molecule has 0 spiro atoms.